The number of primary amides is 1. The number of hydrogen-bond donors (Lipinski definition) is 2. The minimum Gasteiger partial charge on any atom is -0.477 e. The number of nitro benzene ring substituents is 1. The van der Waals surface area contributed by atoms with E-state index in [2.05, 4.69) is 5.10 Å². The van der Waals surface area contributed by atoms with E-state index in [1.807, 2.05) is 0 Å². The van der Waals surface area contributed by atoms with Crippen molar-refractivity contribution in [3.05, 3.63) is 51.8 Å². The van der Waals surface area contributed by atoms with Gasteiger partial charge in [-0.1, -0.05) is 6.07 Å². The second-order valence-corrected chi connectivity index (χ2v) is 3.77. The summed E-state index contributed by atoms with van der Waals surface area (Å²) in [6.45, 7) is 0. The first kappa shape index (κ1) is 13.2. The molecule has 1 aromatic heterocycles. The fourth-order valence-electron chi connectivity index (χ4n) is 1.66. The molecule has 2 aromatic rings. The molecule has 2 rings (SSSR count). The normalized spacial score (nSPS) is 10.2. The largest absolute Gasteiger partial charge is 0.477 e. The molecule has 9 heteroatoms. The zero-order valence-corrected chi connectivity index (χ0v) is 9.89. The average molecular weight is 276 g/mol. The molecule has 0 spiro atoms. The van der Waals surface area contributed by atoms with Gasteiger partial charge in [0.05, 0.1) is 16.7 Å². The predicted molar refractivity (Wildman–Crippen MR) is 65.7 cm³/mol. The van der Waals surface area contributed by atoms with Gasteiger partial charge >= 0.3 is 11.7 Å². The highest BCUT2D eigenvalue weighted by Crippen LogP contribution is 2.27. The van der Waals surface area contributed by atoms with Crippen molar-refractivity contribution in [2.45, 2.75) is 0 Å². The summed E-state index contributed by atoms with van der Waals surface area (Å²) in [6.07, 6.45) is 2.33. The van der Waals surface area contributed by atoms with Gasteiger partial charge in [0.15, 0.2) is 0 Å². The molecule has 1 heterocycles. The van der Waals surface area contributed by atoms with E-state index in [-0.39, 0.29) is 11.3 Å². The van der Waals surface area contributed by atoms with E-state index < -0.39 is 28.1 Å². The summed E-state index contributed by atoms with van der Waals surface area (Å²) in [6, 6.07) is 3.78. The van der Waals surface area contributed by atoms with E-state index in [0.717, 1.165) is 16.9 Å². The van der Waals surface area contributed by atoms with Crippen LogP contribution in [0.3, 0.4) is 0 Å². The monoisotopic (exact) mass is 276 g/mol. The summed E-state index contributed by atoms with van der Waals surface area (Å²) in [4.78, 5) is 32.3. The molecule has 0 bridgehead atoms. The van der Waals surface area contributed by atoms with Crippen LogP contribution in [0.1, 0.15) is 20.7 Å². The zero-order valence-electron chi connectivity index (χ0n) is 9.89. The van der Waals surface area contributed by atoms with E-state index >= 15 is 0 Å². The minimum absolute atomic E-state index is 0.0556. The van der Waals surface area contributed by atoms with Gasteiger partial charge in [0.25, 0.3) is 5.91 Å². The number of nitrogens with two attached hydrogens (primary N) is 1. The van der Waals surface area contributed by atoms with Crippen LogP contribution in [0.4, 0.5) is 5.69 Å². The van der Waals surface area contributed by atoms with E-state index in [4.69, 9.17) is 10.8 Å². The highest BCUT2D eigenvalue weighted by atomic mass is 16.6. The number of rotatable bonds is 4. The molecule has 0 atom stereocenters. The van der Waals surface area contributed by atoms with Crippen LogP contribution in [0, 0.1) is 10.1 Å². The van der Waals surface area contributed by atoms with Gasteiger partial charge in [-0.2, -0.15) is 5.10 Å². The molecule has 20 heavy (non-hydrogen) atoms. The Bertz CT molecular complexity index is 721. The van der Waals surface area contributed by atoms with Crippen molar-refractivity contribution in [3.8, 4) is 5.69 Å². The zero-order chi connectivity index (χ0) is 14.9. The van der Waals surface area contributed by atoms with Crippen molar-refractivity contribution in [3.63, 3.8) is 0 Å². The molecular formula is C11H8N4O5. The summed E-state index contributed by atoms with van der Waals surface area (Å²) in [5, 5.41) is 23.8. The third kappa shape index (κ3) is 2.19. The number of para-hydroxylation sites is 1. The number of carboxylic acid groups (broad SMARTS) is 1. The molecule has 0 aliphatic rings. The van der Waals surface area contributed by atoms with Gasteiger partial charge in [-0.25, -0.2) is 9.48 Å². The maximum Gasteiger partial charge on any atom is 0.342 e. The molecule has 1 aromatic carbocycles. The second kappa shape index (κ2) is 4.80. The quantitative estimate of drug-likeness (QED) is 0.617. The lowest BCUT2D eigenvalue weighted by atomic mass is 10.1. The second-order valence-electron chi connectivity index (χ2n) is 3.77. The fourth-order valence-corrected chi connectivity index (χ4v) is 1.66. The lowest BCUT2D eigenvalue weighted by Crippen LogP contribution is -2.10. The number of aromatic nitrogens is 2. The summed E-state index contributed by atoms with van der Waals surface area (Å²) in [5.41, 5.74) is 3.97. The molecule has 0 aliphatic heterocycles. The Hall–Kier alpha value is -3.23. The van der Waals surface area contributed by atoms with Gasteiger partial charge in [-0.3, -0.25) is 14.9 Å². The molecule has 0 unspecified atom stereocenters. The lowest BCUT2D eigenvalue weighted by molar-refractivity contribution is -0.385. The van der Waals surface area contributed by atoms with Crippen LogP contribution in [0.2, 0.25) is 0 Å². The highest BCUT2D eigenvalue weighted by Gasteiger charge is 2.25. The number of carbonyl (C=O) groups is 2. The Morgan fingerprint density at radius 2 is 2.10 bits per heavy atom. The van der Waals surface area contributed by atoms with Crippen LogP contribution in [0.25, 0.3) is 5.69 Å². The summed E-state index contributed by atoms with van der Waals surface area (Å²) in [7, 11) is 0. The Labute approximate surface area is 111 Å². The summed E-state index contributed by atoms with van der Waals surface area (Å²) >= 11 is 0. The van der Waals surface area contributed by atoms with Crippen molar-refractivity contribution >= 4 is 17.6 Å². The van der Waals surface area contributed by atoms with Gasteiger partial charge in [0, 0.05) is 6.20 Å². The topological polar surface area (TPSA) is 141 Å². The van der Waals surface area contributed by atoms with Crippen LogP contribution in [0.15, 0.2) is 30.6 Å². The number of carbonyl (C=O) groups excluding carboxylic acids is 1. The summed E-state index contributed by atoms with van der Waals surface area (Å²) < 4.78 is 1.03. The molecule has 102 valence electrons. The van der Waals surface area contributed by atoms with E-state index in [1.54, 1.807) is 0 Å². The molecule has 9 nitrogen and oxygen atoms in total. The predicted octanol–water partition coefficient (Wildman–Crippen LogP) is 0.578. The number of nitrogens with zero attached hydrogens (tertiary/aromatic N) is 3. The molecule has 0 radical (unpaired) electrons. The molecule has 0 saturated carbocycles. The SMILES string of the molecule is NC(=O)c1cnn(-c2cccc(C(=O)O)c2[N+](=O)[O-])c1. The Kier molecular flexibility index (Phi) is 3.17. The van der Waals surface area contributed by atoms with Crippen LogP contribution < -0.4 is 5.73 Å². The number of amides is 1. The van der Waals surface area contributed by atoms with Crippen LogP contribution >= 0.6 is 0 Å². The maximum absolute atomic E-state index is 11.1. The first-order valence-electron chi connectivity index (χ1n) is 5.27. The highest BCUT2D eigenvalue weighted by molar-refractivity contribution is 5.94. The lowest BCUT2D eigenvalue weighted by Gasteiger charge is -2.05. The third-order valence-electron chi connectivity index (χ3n) is 2.54. The van der Waals surface area contributed by atoms with Crippen molar-refractivity contribution in [2.24, 2.45) is 5.73 Å². The van der Waals surface area contributed by atoms with E-state index in [1.165, 1.54) is 18.3 Å². The number of benzene rings is 1. The first-order valence-corrected chi connectivity index (χ1v) is 5.27. The van der Waals surface area contributed by atoms with Gasteiger partial charge in [-0.15, -0.1) is 0 Å². The van der Waals surface area contributed by atoms with Gasteiger partial charge in [0.1, 0.15) is 11.3 Å². The Morgan fingerprint density at radius 3 is 2.60 bits per heavy atom. The molecule has 0 aliphatic carbocycles. The molecule has 3 N–H and O–H groups in total. The summed E-state index contributed by atoms with van der Waals surface area (Å²) in [5.74, 6) is -2.17. The van der Waals surface area contributed by atoms with Gasteiger partial charge < -0.3 is 10.8 Å². The minimum atomic E-state index is -1.43. The van der Waals surface area contributed by atoms with Crippen molar-refractivity contribution < 1.29 is 19.6 Å². The fraction of sp³-hybridized carbons (Fsp3) is 0. The first-order chi connectivity index (χ1) is 9.41. The Balaban J connectivity index is 2.66. The molecular weight excluding hydrogens is 268 g/mol. The number of carboxylic acids is 1. The third-order valence-corrected chi connectivity index (χ3v) is 2.54. The number of nitro groups is 1. The molecule has 0 fully saturated rings. The maximum atomic E-state index is 11.1. The van der Waals surface area contributed by atoms with Crippen LogP contribution in [0.5, 0.6) is 0 Å². The van der Waals surface area contributed by atoms with Crippen LogP contribution in [-0.4, -0.2) is 31.7 Å². The van der Waals surface area contributed by atoms with Gasteiger partial charge in [-0.05, 0) is 12.1 Å². The average Bonchev–Trinajstić information content (AvgIpc) is 2.87. The molecule has 0 saturated heterocycles. The van der Waals surface area contributed by atoms with Crippen molar-refractivity contribution in [2.75, 3.05) is 0 Å². The van der Waals surface area contributed by atoms with Gasteiger partial charge in [0.2, 0.25) is 0 Å². The van der Waals surface area contributed by atoms with Crippen molar-refractivity contribution in [1.82, 2.24) is 9.78 Å². The van der Waals surface area contributed by atoms with Crippen LogP contribution in [-0.2, 0) is 0 Å². The standard InChI is InChI=1S/C11H8N4O5/c12-10(16)6-4-13-14(5-6)8-3-1-2-7(11(17)18)9(8)15(19)20/h1-5H,(H2,12,16)(H,17,18). The number of aromatic carboxylic acids is 1. The Morgan fingerprint density at radius 1 is 1.40 bits per heavy atom. The van der Waals surface area contributed by atoms with E-state index in [9.17, 15) is 19.7 Å². The van der Waals surface area contributed by atoms with E-state index in [0.29, 0.717) is 0 Å². The smallest absolute Gasteiger partial charge is 0.342 e. The molecule has 1 amide bonds. The number of hydrogen-bond acceptors (Lipinski definition) is 5. The van der Waals surface area contributed by atoms with Crippen molar-refractivity contribution in [1.29, 1.82) is 0 Å².